The molecule has 1 saturated carbocycles. The summed E-state index contributed by atoms with van der Waals surface area (Å²) in [7, 11) is 4.26. The minimum absolute atomic E-state index is 0.00101. The van der Waals surface area contributed by atoms with E-state index in [-0.39, 0.29) is 81.7 Å². The summed E-state index contributed by atoms with van der Waals surface area (Å²) in [5.41, 5.74) is 1.48. The fraction of sp³-hybridized carbons (Fsp3) is 0.662. The number of esters is 3. The molecule has 0 aromatic heterocycles. The van der Waals surface area contributed by atoms with Crippen molar-refractivity contribution in [2.75, 3.05) is 27.2 Å². The quantitative estimate of drug-likeness (QED) is 0.153. The maximum Gasteiger partial charge on any atom is 0.407 e. The van der Waals surface area contributed by atoms with Gasteiger partial charge in [-0.05, 0) is 147 Å². The first-order chi connectivity index (χ1) is 36.3. The molecule has 5 fully saturated rings. The highest BCUT2D eigenvalue weighted by Gasteiger charge is 2.44. The Morgan fingerprint density at radius 3 is 1.13 bits per heavy atom. The van der Waals surface area contributed by atoms with Crippen LogP contribution in [-0.4, -0.2) is 125 Å². The Morgan fingerprint density at radius 1 is 0.474 bits per heavy atom. The first-order valence-corrected chi connectivity index (χ1v) is 29.0. The highest BCUT2D eigenvalue weighted by Crippen LogP contribution is 2.36. The molecule has 8 rings (SSSR count). The van der Waals surface area contributed by atoms with Crippen LogP contribution in [0.15, 0.2) is 97.1 Å². The van der Waals surface area contributed by atoms with Gasteiger partial charge in [0.15, 0.2) is 0 Å². The molecule has 5 aliphatic rings. The number of nitrogens with zero attached hydrogens (tertiary/aromatic N) is 2. The normalized spacial score (nSPS) is 25.3. The lowest BCUT2D eigenvalue weighted by Gasteiger charge is -2.48. The van der Waals surface area contributed by atoms with Gasteiger partial charge in [0.05, 0.1) is 11.1 Å². The lowest BCUT2D eigenvalue weighted by atomic mass is 9.79. The van der Waals surface area contributed by atoms with Gasteiger partial charge in [0.1, 0.15) is 24.4 Å². The number of alkyl carbamates (subject to hydrolysis) is 1. The van der Waals surface area contributed by atoms with Gasteiger partial charge in [-0.15, -0.1) is 0 Å². The summed E-state index contributed by atoms with van der Waals surface area (Å²) in [6, 6.07) is 30.8. The second-order valence-corrected chi connectivity index (χ2v) is 26.4. The number of ether oxygens (including phenoxy) is 4. The largest absolute Gasteiger partial charge is 0.462 e. The Labute approximate surface area is 471 Å². The van der Waals surface area contributed by atoms with Crippen molar-refractivity contribution in [3.8, 4) is 0 Å². The maximum absolute atomic E-state index is 12.1. The molecule has 4 unspecified atom stereocenters. The third-order valence-electron chi connectivity index (χ3n) is 16.9. The van der Waals surface area contributed by atoms with Gasteiger partial charge in [-0.25, -0.2) is 14.4 Å². The SMILES string of the molecule is CC(=O)OC1CC(C)(C)NC(C)(C)C1.CC1(C)CC(OC(=O)NC2CCCCC2)CC(C)(C)N1.CC1C(OC(=O)c2ccccc2)CCN(C)C1(C)C.CC1C(OC(=O)c2ccccc2)CCN(C)C1(C)C.c1ccccc1. The van der Waals surface area contributed by atoms with Crippen molar-refractivity contribution in [2.45, 2.75) is 238 Å². The van der Waals surface area contributed by atoms with E-state index in [1.54, 1.807) is 24.3 Å². The molecule has 78 heavy (non-hydrogen) atoms. The van der Waals surface area contributed by atoms with Gasteiger partial charge in [0.2, 0.25) is 0 Å². The zero-order valence-electron chi connectivity index (χ0n) is 51.1. The van der Waals surface area contributed by atoms with Crippen LogP contribution in [0, 0.1) is 11.8 Å². The van der Waals surface area contributed by atoms with Crippen molar-refractivity contribution >= 4 is 24.0 Å². The van der Waals surface area contributed by atoms with Gasteiger partial charge in [-0.1, -0.05) is 106 Å². The van der Waals surface area contributed by atoms with Crippen molar-refractivity contribution in [1.29, 1.82) is 0 Å². The summed E-state index contributed by atoms with van der Waals surface area (Å²) in [6.07, 6.45) is 11.1. The highest BCUT2D eigenvalue weighted by atomic mass is 16.6. The molecule has 3 aromatic carbocycles. The lowest BCUT2D eigenvalue weighted by Crippen LogP contribution is -2.60. The molecule has 4 aliphatic heterocycles. The Hall–Kier alpha value is -4.82. The number of hydrogen-bond acceptors (Lipinski definition) is 12. The van der Waals surface area contributed by atoms with E-state index in [9.17, 15) is 19.2 Å². The van der Waals surface area contributed by atoms with Crippen LogP contribution >= 0.6 is 0 Å². The monoisotopic (exact) mass is 1080 g/mol. The summed E-state index contributed by atoms with van der Waals surface area (Å²) in [6.45, 7) is 33.8. The van der Waals surface area contributed by atoms with Crippen molar-refractivity contribution in [1.82, 2.24) is 25.8 Å². The molecule has 13 heteroatoms. The van der Waals surface area contributed by atoms with E-state index in [0.29, 0.717) is 29.0 Å². The van der Waals surface area contributed by atoms with Gasteiger partial charge in [0.25, 0.3) is 0 Å². The fourth-order valence-electron chi connectivity index (χ4n) is 12.0. The standard InChI is InChI=1S/C16H30N2O2.2C16H23NO2.C11H21NO2.C6H6/c1-15(2)10-13(11-16(3,4)18-15)20-14(19)17-12-8-6-5-7-9-12;2*1-12-14(10-11-17(4)16(12,2)3)19-15(18)13-8-6-5-7-9-13;1-8(13)14-9-6-10(2,3)12-11(4,5)7-9;1-2-4-6-5-3-1/h12-13,18H,5-11H2,1-4H3,(H,17,19);2*5-9,12,14H,10-11H2,1-4H3;9,12H,6-7H2,1-5H3;1-6H. The minimum Gasteiger partial charge on any atom is -0.462 e. The van der Waals surface area contributed by atoms with Gasteiger partial charge < -0.3 is 44.7 Å². The first kappa shape index (κ1) is 65.7. The number of carbonyl (C=O) groups excluding carboxylic acids is 4. The van der Waals surface area contributed by atoms with E-state index in [0.717, 1.165) is 64.5 Å². The molecule has 3 N–H and O–H groups in total. The van der Waals surface area contributed by atoms with E-state index in [1.807, 2.05) is 72.8 Å². The van der Waals surface area contributed by atoms with Crippen LogP contribution in [-0.2, 0) is 23.7 Å². The minimum atomic E-state index is -0.226. The predicted molar refractivity (Wildman–Crippen MR) is 316 cm³/mol. The van der Waals surface area contributed by atoms with E-state index < -0.39 is 0 Å². The summed E-state index contributed by atoms with van der Waals surface area (Å²) in [4.78, 5) is 51.8. The van der Waals surface area contributed by atoms with Crippen LogP contribution in [0.1, 0.15) is 195 Å². The van der Waals surface area contributed by atoms with Crippen LogP contribution in [0.5, 0.6) is 0 Å². The number of carbonyl (C=O) groups is 4. The molecular weight excluding hydrogens is 979 g/mol. The third kappa shape index (κ3) is 21.7. The fourth-order valence-corrected chi connectivity index (χ4v) is 12.0. The molecule has 3 aromatic rings. The molecule has 4 heterocycles. The topological polar surface area (TPSA) is 148 Å². The third-order valence-corrected chi connectivity index (χ3v) is 16.9. The first-order valence-electron chi connectivity index (χ1n) is 29.0. The Morgan fingerprint density at radius 2 is 0.795 bits per heavy atom. The Bertz CT molecular complexity index is 2140. The Balaban J connectivity index is 0.000000217. The average molecular weight is 1080 g/mol. The van der Waals surface area contributed by atoms with Crippen molar-refractivity contribution in [3.63, 3.8) is 0 Å². The molecule has 13 nitrogen and oxygen atoms in total. The molecule has 4 atom stereocenters. The van der Waals surface area contributed by atoms with Crippen LogP contribution in [0.2, 0.25) is 0 Å². The molecule has 0 radical (unpaired) electrons. The molecule has 1 amide bonds. The van der Waals surface area contributed by atoms with Crippen molar-refractivity contribution in [3.05, 3.63) is 108 Å². The predicted octanol–water partition coefficient (Wildman–Crippen LogP) is 12.8. The number of amides is 1. The second-order valence-electron chi connectivity index (χ2n) is 26.4. The number of piperidine rings is 4. The van der Waals surface area contributed by atoms with Gasteiger partial charge in [0, 0.05) is 96.8 Å². The van der Waals surface area contributed by atoms with E-state index in [1.165, 1.54) is 26.2 Å². The number of hydrogen-bond donors (Lipinski definition) is 3. The summed E-state index contributed by atoms with van der Waals surface area (Å²) in [5.74, 6) is 0.0388. The van der Waals surface area contributed by atoms with E-state index in [4.69, 9.17) is 18.9 Å². The second kappa shape index (κ2) is 29.1. The van der Waals surface area contributed by atoms with Crippen molar-refractivity contribution < 1.29 is 38.1 Å². The average Bonchev–Trinajstić information content (AvgIpc) is 3.34. The molecule has 4 saturated heterocycles. The Kier molecular flexibility index (Phi) is 24.5. The molecule has 1 aliphatic carbocycles. The number of rotatable bonds is 7. The zero-order valence-corrected chi connectivity index (χ0v) is 51.1. The zero-order chi connectivity index (χ0) is 58.1. The molecular formula is C65H103N5O8. The number of likely N-dealkylation sites (tertiary alicyclic amines) is 2. The van der Waals surface area contributed by atoms with Crippen LogP contribution in [0.25, 0.3) is 0 Å². The summed E-state index contributed by atoms with van der Waals surface area (Å²) >= 11 is 0. The smallest absolute Gasteiger partial charge is 0.407 e. The van der Waals surface area contributed by atoms with E-state index in [2.05, 4.69) is 137 Å². The van der Waals surface area contributed by atoms with E-state index >= 15 is 0 Å². The molecule has 436 valence electrons. The summed E-state index contributed by atoms with van der Waals surface area (Å²) in [5, 5.41) is 10.2. The van der Waals surface area contributed by atoms with Gasteiger partial charge in [-0.3, -0.25) is 4.79 Å². The maximum atomic E-state index is 12.1. The van der Waals surface area contributed by atoms with Gasteiger partial charge >= 0.3 is 24.0 Å². The van der Waals surface area contributed by atoms with Crippen molar-refractivity contribution in [2.24, 2.45) is 11.8 Å². The van der Waals surface area contributed by atoms with Crippen LogP contribution < -0.4 is 16.0 Å². The lowest BCUT2D eigenvalue weighted by molar-refractivity contribution is -0.150. The highest BCUT2D eigenvalue weighted by molar-refractivity contribution is 5.90. The number of benzene rings is 3. The van der Waals surface area contributed by atoms with Crippen LogP contribution in [0.4, 0.5) is 4.79 Å². The summed E-state index contributed by atoms with van der Waals surface area (Å²) < 4.78 is 22.4. The molecule has 0 bridgehead atoms. The van der Waals surface area contributed by atoms with Gasteiger partial charge in [-0.2, -0.15) is 0 Å². The molecule has 0 spiro atoms. The number of nitrogens with one attached hydrogen (secondary N) is 3. The van der Waals surface area contributed by atoms with Crippen LogP contribution in [0.3, 0.4) is 0 Å².